The highest BCUT2D eigenvalue weighted by molar-refractivity contribution is 7.98. The molecular formula is C14H14N6OS. The van der Waals surface area contributed by atoms with Crippen molar-refractivity contribution in [3.8, 4) is 11.5 Å². The van der Waals surface area contributed by atoms with Crippen molar-refractivity contribution in [2.75, 3.05) is 5.84 Å². The van der Waals surface area contributed by atoms with Gasteiger partial charge in [0, 0.05) is 11.5 Å². The molecule has 7 nitrogen and oxygen atoms in total. The molecule has 1 aliphatic rings. The summed E-state index contributed by atoms with van der Waals surface area (Å²) in [5.41, 5.74) is 0.907. The van der Waals surface area contributed by atoms with E-state index < -0.39 is 0 Å². The van der Waals surface area contributed by atoms with Crippen molar-refractivity contribution >= 4 is 11.8 Å². The van der Waals surface area contributed by atoms with E-state index in [4.69, 9.17) is 10.3 Å². The Balaban J connectivity index is 1.45. The van der Waals surface area contributed by atoms with Crippen molar-refractivity contribution in [3.63, 3.8) is 0 Å². The Labute approximate surface area is 130 Å². The fourth-order valence-electron chi connectivity index (χ4n) is 2.14. The second kappa shape index (κ2) is 5.45. The molecule has 0 aliphatic heterocycles. The number of nitrogens with two attached hydrogens (primary N) is 1. The minimum atomic E-state index is 0.472. The van der Waals surface area contributed by atoms with E-state index >= 15 is 0 Å². The van der Waals surface area contributed by atoms with Gasteiger partial charge in [0.15, 0.2) is 5.82 Å². The summed E-state index contributed by atoms with van der Waals surface area (Å²) in [7, 11) is 0. The maximum Gasteiger partial charge on any atom is 0.247 e. The predicted octanol–water partition coefficient (Wildman–Crippen LogP) is 2.21. The summed E-state index contributed by atoms with van der Waals surface area (Å²) in [6.07, 6.45) is 2.29. The fraction of sp³-hybridized carbons (Fsp3) is 0.286. The zero-order chi connectivity index (χ0) is 14.9. The lowest BCUT2D eigenvalue weighted by molar-refractivity contribution is 0.528. The average Bonchev–Trinajstić information content (AvgIpc) is 3.16. The van der Waals surface area contributed by atoms with Crippen LogP contribution in [0.25, 0.3) is 11.5 Å². The molecule has 0 atom stereocenters. The van der Waals surface area contributed by atoms with Crippen molar-refractivity contribution < 1.29 is 4.42 Å². The predicted molar refractivity (Wildman–Crippen MR) is 81.4 cm³/mol. The largest absolute Gasteiger partial charge is 0.420 e. The van der Waals surface area contributed by atoms with Crippen LogP contribution < -0.4 is 5.84 Å². The highest BCUT2D eigenvalue weighted by atomic mass is 32.2. The first-order chi connectivity index (χ1) is 10.8. The normalized spacial score (nSPS) is 14.4. The molecule has 0 radical (unpaired) electrons. The summed E-state index contributed by atoms with van der Waals surface area (Å²) >= 11 is 1.44. The van der Waals surface area contributed by atoms with Crippen LogP contribution in [0, 0.1) is 0 Å². The van der Waals surface area contributed by atoms with E-state index in [0.717, 1.165) is 24.2 Å². The topological polar surface area (TPSA) is 95.7 Å². The van der Waals surface area contributed by atoms with Gasteiger partial charge in [-0.1, -0.05) is 30.0 Å². The number of aromatic nitrogens is 5. The zero-order valence-electron chi connectivity index (χ0n) is 11.7. The number of thioether (sulfide) groups is 1. The van der Waals surface area contributed by atoms with Gasteiger partial charge in [-0.2, -0.15) is 0 Å². The van der Waals surface area contributed by atoms with E-state index in [2.05, 4.69) is 20.4 Å². The summed E-state index contributed by atoms with van der Waals surface area (Å²) in [6, 6.07) is 9.68. The van der Waals surface area contributed by atoms with E-state index in [1.165, 1.54) is 11.8 Å². The van der Waals surface area contributed by atoms with Gasteiger partial charge < -0.3 is 10.3 Å². The fourth-order valence-corrected chi connectivity index (χ4v) is 2.84. The lowest BCUT2D eigenvalue weighted by Gasteiger charge is -2.00. The Kier molecular flexibility index (Phi) is 3.30. The van der Waals surface area contributed by atoms with Gasteiger partial charge in [-0.25, -0.2) is 4.68 Å². The van der Waals surface area contributed by atoms with Crippen molar-refractivity contribution in [3.05, 3.63) is 42.0 Å². The molecule has 2 N–H and O–H groups in total. The SMILES string of the molecule is Nn1c(SCc2nnc(-c3ccccc3)o2)nnc1C1CC1. The van der Waals surface area contributed by atoms with Crippen LogP contribution in [0.15, 0.2) is 39.9 Å². The van der Waals surface area contributed by atoms with Crippen molar-refractivity contribution in [1.29, 1.82) is 0 Å². The first-order valence-corrected chi connectivity index (χ1v) is 8.01. The van der Waals surface area contributed by atoms with Gasteiger partial charge in [-0.05, 0) is 25.0 Å². The van der Waals surface area contributed by atoms with E-state index in [9.17, 15) is 0 Å². The third-order valence-electron chi connectivity index (χ3n) is 3.45. The number of nitrogen functional groups attached to an aromatic ring is 1. The molecule has 8 heteroatoms. The molecule has 112 valence electrons. The molecule has 1 saturated carbocycles. The summed E-state index contributed by atoms with van der Waals surface area (Å²) in [5, 5.41) is 17.0. The van der Waals surface area contributed by atoms with Gasteiger partial charge in [-0.3, -0.25) is 0 Å². The van der Waals surface area contributed by atoms with Gasteiger partial charge in [0.05, 0.1) is 5.75 Å². The van der Waals surface area contributed by atoms with Gasteiger partial charge in [0.2, 0.25) is 16.9 Å². The van der Waals surface area contributed by atoms with Crippen LogP contribution in [-0.4, -0.2) is 25.1 Å². The molecule has 1 fully saturated rings. The Morgan fingerprint density at radius 2 is 1.95 bits per heavy atom. The highest BCUT2D eigenvalue weighted by Crippen LogP contribution is 2.39. The molecule has 2 heterocycles. The standard InChI is InChI=1S/C14H14N6OS/c15-20-12(9-6-7-9)17-19-14(20)22-8-11-16-18-13(21-11)10-4-2-1-3-5-10/h1-5,9H,6-8,15H2. The lowest BCUT2D eigenvalue weighted by atomic mass is 10.2. The Morgan fingerprint density at radius 3 is 2.73 bits per heavy atom. The molecule has 2 aromatic heterocycles. The lowest BCUT2D eigenvalue weighted by Crippen LogP contribution is -2.13. The van der Waals surface area contributed by atoms with Crippen LogP contribution >= 0.6 is 11.8 Å². The van der Waals surface area contributed by atoms with Crippen molar-refractivity contribution in [2.24, 2.45) is 0 Å². The second-order valence-electron chi connectivity index (χ2n) is 5.14. The molecule has 3 aromatic rings. The van der Waals surface area contributed by atoms with Crippen LogP contribution in [0.4, 0.5) is 0 Å². The molecule has 1 aliphatic carbocycles. The average molecular weight is 314 g/mol. The molecule has 0 amide bonds. The Morgan fingerprint density at radius 1 is 1.14 bits per heavy atom. The number of benzene rings is 1. The monoisotopic (exact) mass is 314 g/mol. The minimum absolute atomic E-state index is 0.472. The number of hydrogen-bond donors (Lipinski definition) is 1. The van der Waals surface area contributed by atoms with Gasteiger partial charge in [0.1, 0.15) is 0 Å². The zero-order valence-corrected chi connectivity index (χ0v) is 12.5. The first-order valence-electron chi connectivity index (χ1n) is 7.02. The van der Waals surface area contributed by atoms with Crippen LogP contribution in [0.3, 0.4) is 0 Å². The Hall–Kier alpha value is -2.35. The summed E-state index contributed by atoms with van der Waals surface area (Å²) in [4.78, 5) is 0. The van der Waals surface area contributed by atoms with Crippen LogP contribution in [0.1, 0.15) is 30.5 Å². The third kappa shape index (κ3) is 2.57. The molecule has 0 unspecified atom stereocenters. The number of hydrogen-bond acceptors (Lipinski definition) is 7. The third-order valence-corrected chi connectivity index (χ3v) is 4.37. The van der Waals surface area contributed by atoms with Crippen molar-refractivity contribution in [1.82, 2.24) is 25.1 Å². The molecule has 22 heavy (non-hydrogen) atoms. The smallest absolute Gasteiger partial charge is 0.247 e. The second-order valence-corrected chi connectivity index (χ2v) is 6.08. The van der Waals surface area contributed by atoms with Gasteiger partial charge in [-0.15, -0.1) is 20.4 Å². The van der Waals surface area contributed by atoms with Crippen LogP contribution in [-0.2, 0) is 5.75 Å². The minimum Gasteiger partial charge on any atom is -0.420 e. The molecule has 0 spiro atoms. The summed E-state index contributed by atoms with van der Waals surface area (Å²) in [5.74, 6) is 8.91. The van der Waals surface area contributed by atoms with Crippen molar-refractivity contribution in [2.45, 2.75) is 29.7 Å². The summed E-state index contributed by atoms with van der Waals surface area (Å²) < 4.78 is 7.22. The molecule has 4 rings (SSSR count). The first kappa shape index (κ1) is 13.3. The Bertz CT molecular complexity index is 780. The van der Waals surface area contributed by atoms with Gasteiger partial charge >= 0.3 is 0 Å². The molecular weight excluding hydrogens is 300 g/mol. The van der Waals surface area contributed by atoms with E-state index in [-0.39, 0.29) is 0 Å². The quantitative estimate of drug-likeness (QED) is 0.569. The van der Waals surface area contributed by atoms with E-state index in [1.54, 1.807) is 4.68 Å². The molecule has 0 bridgehead atoms. The van der Waals surface area contributed by atoms with Gasteiger partial charge in [0.25, 0.3) is 0 Å². The maximum absolute atomic E-state index is 6.01. The van der Waals surface area contributed by atoms with Crippen LogP contribution in [0.2, 0.25) is 0 Å². The maximum atomic E-state index is 6.01. The van der Waals surface area contributed by atoms with Crippen LogP contribution in [0.5, 0.6) is 0 Å². The number of nitrogens with zero attached hydrogens (tertiary/aromatic N) is 5. The van der Waals surface area contributed by atoms with E-state index in [0.29, 0.717) is 28.6 Å². The molecule has 0 saturated heterocycles. The highest BCUT2D eigenvalue weighted by Gasteiger charge is 2.30. The summed E-state index contributed by atoms with van der Waals surface area (Å²) in [6.45, 7) is 0. The van der Waals surface area contributed by atoms with E-state index in [1.807, 2.05) is 30.3 Å². The molecule has 1 aromatic carbocycles. The number of rotatable bonds is 5.